The molecule has 8 nitrogen and oxygen atoms in total. The molecule has 1 aliphatic rings. The molecule has 0 spiro atoms. The fourth-order valence-electron chi connectivity index (χ4n) is 3.71. The van der Waals surface area contributed by atoms with E-state index >= 15 is 0 Å². The highest BCUT2D eigenvalue weighted by Gasteiger charge is 2.22. The van der Waals surface area contributed by atoms with E-state index in [4.69, 9.17) is 14.2 Å². The van der Waals surface area contributed by atoms with Crippen LogP contribution in [0.25, 0.3) is 0 Å². The molecule has 1 aliphatic heterocycles. The number of esters is 1. The van der Waals surface area contributed by atoms with Crippen molar-refractivity contribution < 1.29 is 27.4 Å². The first kappa shape index (κ1) is 25.2. The number of carbonyl (C=O) groups is 1. The smallest absolute Gasteiger partial charge is 0.338 e. The Morgan fingerprint density at radius 2 is 1.61 bits per heavy atom. The van der Waals surface area contributed by atoms with Crippen LogP contribution in [0.15, 0.2) is 53.4 Å². The quantitative estimate of drug-likeness (QED) is 0.406. The third kappa shape index (κ3) is 7.01. The number of morpholine rings is 1. The molecule has 0 radical (unpaired) electrons. The van der Waals surface area contributed by atoms with Gasteiger partial charge < -0.3 is 14.2 Å². The third-order valence-corrected chi connectivity index (χ3v) is 7.11. The molecule has 0 N–H and O–H groups in total. The molecule has 0 amide bonds. The van der Waals surface area contributed by atoms with Gasteiger partial charge in [0, 0.05) is 33.7 Å². The number of ether oxygens (including phenoxy) is 3. The highest BCUT2D eigenvalue weighted by molar-refractivity contribution is 7.89. The molecule has 1 saturated heterocycles. The van der Waals surface area contributed by atoms with Gasteiger partial charge in [-0.1, -0.05) is 12.1 Å². The zero-order valence-corrected chi connectivity index (χ0v) is 20.4. The Morgan fingerprint density at radius 3 is 2.18 bits per heavy atom. The van der Waals surface area contributed by atoms with Crippen molar-refractivity contribution in [3.8, 4) is 5.75 Å². The van der Waals surface area contributed by atoms with E-state index in [9.17, 15) is 13.2 Å². The van der Waals surface area contributed by atoms with E-state index < -0.39 is 16.0 Å². The van der Waals surface area contributed by atoms with Crippen LogP contribution in [-0.2, 0) is 26.0 Å². The molecule has 0 aliphatic carbocycles. The van der Waals surface area contributed by atoms with Crippen molar-refractivity contribution in [2.75, 3.05) is 40.4 Å². The lowest BCUT2D eigenvalue weighted by Gasteiger charge is -2.35. The first-order chi connectivity index (χ1) is 15.6. The van der Waals surface area contributed by atoms with E-state index in [1.807, 2.05) is 12.1 Å². The summed E-state index contributed by atoms with van der Waals surface area (Å²) in [6.45, 7) is 7.01. The van der Waals surface area contributed by atoms with Gasteiger partial charge in [0.05, 0.1) is 22.7 Å². The van der Waals surface area contributed by atoms with E-state index in [0.717, 1.165) is 29.5 Å². The van der Waals surface area contributed by atoms with Gasteiger partial charge in [0.1, 0.15) is 19.0 Å². The van der Waals surface area contributed by atoms with E-state index in [0.29, 0.717) is 11.3 Å². The van der Waals surface area contributed by atoms with Crippen LogP contribution in [0.5, 0.6) is 5.75 Å². The molecule has 2 atom stereocenters. The molecular weight excluding hydrogens is 444 g/mol. The largest absolute Gasteiger partial charge is 0.490 e. The van der Waals surface area contributed by atoms with Gasteiger partial charge in [-0.05, 0) is 55.8 Å². The van der Waals surface area contributed by atoms with Gasteiger partial charge in [-0.3, -0.25) is 4.90 Å². The fraction of sp³-hybridized carbons (Fsp3) is 0.458. The zero-order valence-electron chi connectivity index (χ0n) is 19.6. The minimum absolute atomic E-state index is 0.0852. The molecule has 0 bridgehead atoms. The first-order valence-corrected chi connectivity index (χ1v) is 12.4. The maximum atomic E-state index is 12.3. The summed E-state index contributed by atoms with van der Waals surface area (Å²) in [7, 11) is -0.520. The number of benzene rings is 2. The Hall–Kier alpha value is -2.46. The van der Waals surface area contributed by atoms with Crippen molar-refractivity contribution in [3.63, 3.8) is 0 Å². The Kier molecular flexibility index (Phi) is 8.47. The van der Waals surface area contributed by atoms with Gasteiger partial charge in [0.15, 0.2) is 0 Å². The van der Waals surface area contributed by atoms with Gasteiger partial charge in [-0.15, -0.1) is 0 Å². The molecule has 33 heavy (non-hydrogen) atoms. The molecule has 1 heterocycles. The normalized spacial score (nSPS) is 19.4. The van der Waals surface area contributed by atoms with Crippen LogP contribution in [0.4, 0.5) is 0 Å². The second kappa shape index (κ2) is 11.1. The summed E-state index contributed by atoms with van der Waals surface area (Å²) in [5.41, 5.74) is 1.62. The molecule has 3 rings (SSSR count). The lowest BCUT2D eigenvalue weighted by Crippen LogP contribution is -2.44. The van der Waals surface area contributed by atoms with E-state index in [1.54, 1.807) is 24.3 Å². The van der Waals surface area contributed by atoms with Gasteiger partial charge >= 0.3 is 5.97 Å². The monoisotopic (exact) mass is 476 g/mol. The zero-order chi connectivity index (χ0) is 24.0. The molecule has 0 saturated carbocycles. The topological polar surface area (TPSA) is 85.4 Å². The van der Waals surface area contributed by atoms with E-state index in [1.165, 1.54) is 26.2 Å². The summed E-state index contributed by atoms with van der Waals surface area (Å²) < 4.78 is 41.9. The summed E-state index contributed by atoms with van der Waals surface area (Å²) in [5, 5.41) is 0. The molecule has 2 unspecified atom stereocenters. The standard InChI is InChI=1S/C24H32N2O6S/c1-18-15-26(16-19(2)32-18)17-20-5-7-21(8-6-20)24(27)31-14-13-30-22-9-11-23(12-10-22)33(28,29)25(3)4/h5-12,18-19H,13-17H2,1-4H3. The lowest BCUT2D eigenvalue weighted by molar-refractivity contribution is -0.0704. The Morgan fingerprint density at radius 1 is 1.00 bits per heavy atom. The van der Waals surface area contributed by atoms with Crippen LogP contribution in [0.2, 0.25) is 0 Å². The van der Waals surface area contributed by atoms with Crippen LogP contribution in [0.1, 0.15) is 29.8 Å². The first-order valence-electron chi connectivity index (χ1n) is 10.9. The van der Waals surface area contributed by atoms with Crippen molar-refractivity contribution >= 4 is 16.0 Å². The Labute approximate surface area is 196 Å². The lowest BCUT2D eigenvalue weighted by atomic mass is 10.1. The Bertz CT molecular complexity index is 1010. The summed E-state index contributed by atoms with van der Waals surface area (Å²) in [6, 6.07) is 13.6. The van der Waals surface area contributed by atoms with Crippen molar-refractivity contribution in [2.24, 2.45) is 0 Å². The van der Waals surface area contributed by atoms with Crippen molar-refractivity contribution in [3.05, 3.63) is 59.7 Å². The van der Waals surface area contributed by atoms with Crippen molar-refractivity contribution in [1.82, 2.24) is 9.21 Å². The van der Waals surface area contributed by atoms with Crippen LogP contribution in [0, 0.1) is 0 Å². The minimum atomic E-state index is -3.48. The van der Waals surface area contributed by atoms with Gasteiger partial charge in [0.2, 0.25) is 10.0 Å². The minimum Gasteiger partial charge on any atom is -0.490 e. The number of hydrogen-bond donors (Lipinski definition) is 0. The third-order valence-electron chi connectivity index (χ3n) is 5.28. The molecule has 1 fully saturated rings. The van der Waals surface area contributed by atoms with Gasteiger partial charge in [0.25, 0.3) is 0 Å². The molecular formula is C24H32N2O6S. The SMILES string of the molecule is CC1CN(Cc2ccc(C(=O)OCCOc3ccc(S(=O)(=O)N(C)C)cc3)cc2)CC(C)O1. The Balaban J connectivity index is 1.43. The second-order valence-electron chi connectivity index (χ2n) is 8.39. The predicted octanol–water partition coefficient (Wildman–Crippen LogP) is 2.78. The number of nitrogens with zero attached hydrogens (tertiary/aromatic N) is 2. The van der Waals surface area contributed by atoms with Crippen LogP contribution < -0.4 is 4.74 Å². The van der Waals surface area contributed by atoms with Gasteiger partial charge in [-0.2, -0.15) is 0 Å². The summed E-state index contributed by atoms with van der Waals surface area (Å²) in [6.07, 6.45) is 0.434. The summed E-state index contributed by atoms with van der Waals surface area (Å²) >= 11 is 0. The number of hydrogen-bond acceptors (Lipinski definition) is 7. The molecule has 0 aromatic heterocycles. The van der Waals surface area contributed by atoms with E-state index in [2.05, 4.69) is 18.7 Å². The number of carbonyl (C=O) groups excluding carboxylic acids is 1. The number of sulfonamides is 1. The summed E-state index contributed by atoms with van der Waals surface area (Å²) in [4.78, 5) is 14.8. The highest BCUT2D eigenvalue weighted by atomic mass is 32.2. The molecule has 9 heteroatoms. The maximum Gasteiger partial charge on any atom is 0.338 e. The molecule has 2 aromatic carbocycles. The van der Waals surface area contributed by atoms with Crippen LogP contribution >= 0.6 is 0 Å². The predicted molar refractivity (Wildman–Crippen MR) is 125 cm³/mol. The van der Waals surface area contributed by atoms with E-state index in [-0.39, 0.29) is 30.3 Å². The average molecular weight is 477 g/mol. The van der Waals surface area contributed by atoms with Crippen LogP contribution in [-0.4, -0.2) is 76.2 Å². The second-order valence-corrected chi connectivity index (χ2v) is 10.5. The van der Waals surface area contributed by atoms with Crippen molar-refractivity contribution in [1.29, 1.82) is 0 Å². The number of rotatable bonds is 9. The highest BCUT2D eigenvalue weighted by Crippen LogP contribution is 2.18. The van der Waals surface area contributed by atoms with Crippen LogP contribution in [0.3, 0.4) is 0 Å². The molecule has 2 aromatic rings. The molecule has 180 valence electrons. The summed E-state index contributed by atoms with van der Waals surface area (Å²) in [5.74, 6) is 0.0889. The van der Waals surface area contributed by atoms with Gasteiger partial charge in [-0.25, -0.2) is 17.5 Å². The maximum absolute atomic E-state index is 12.3. The average Bonchev–Trinajstić information content (AvgIpc) is 2.76. The fourth-order valence-corrected chi connectivity index (χ4v) is 4.62. The van der Waals surface area contributed by atoms with Crippen molar-refractivity contribution in [2.45, 2.75) is 37.5 Å².